The third kappa shape index (κ3) is 3.72. The number of aromatic nitrogens is 2. The Hall–Kier alpha value is -2.80. The number of benzene rings is 1. The van der Waals surface area contributed by atoms with Gasteiger partial charge in [0, 0.05) is 4.88 Å². The van der Waals surface area contributed by atoms with Gasteiger partial charge in [-0.2, -0.15) is 5.10 Å². The molecular weight excluding hydrogens is 348 g/mol. The first-order valence-electron chi connectivity index (χ1n) is 8.24. The second kappa shape index (κ2) is 7.21. The molecule has 0 aliphatic carbocycles. The van der Waals surface area contributed by atoms with E-state index in [2.05, 4.69) is 20.5 Å². The number of aryl methyl sites for hydroxylation is 3. The normalized spacial score (nSPS) is 11.8. The Bertz CT molecular complexity index is 1060. The average Bonchev–Trinajstić information content (AvgIpc) is 2.88. The predicted octanol–water partition coefficient (Wildman–Crippen LogP) is 2.99. The van der Waals surface area contributed by atoms with Crippen molar-refractivity contribution in [1.82, 2.24) is 15.4 Å². The van der Waals surface area contributed by atoms with E-state index in [9.17, 15) is 9.59 Å². The molecule has 0 aliphatic heterocycles. The van der Waals surface area contributed by atoms with E-state index >= 15 is 0 Å². The first-order chi connectivity index (χ1) is 12.3. The van der Waals surface area contributed by atoms with Crippen LogP contribution in [0, 0.1) is 20.8 Å². The molecule has 0 saturated heterocycles. The summed E-state index contributed by atoms with van der Waals surface area (Å²) < 4.78 is 0. The number of nitrogens with one attached hydrogen (secondary N) is 2. The van der Waals surface area contributed by atoms with Gasteiger partial charge in [-0.25, -0.2) is 10.4 Å². The van der Waals surface area contributed by atoms with Gasteiger partial charge < -0.3 is 4.98 Å². The van der Waals surface area contributed by atoms with Crippen molar-refractivity contribution in [2.75, 3.05) is 0 Å². The van der Waals surface area contributed by atoms with Crippen molar-refractivity contribution in [1.29, 1.82) is 0 Å². The van der Waals surface area contributed by atoms with Crippen molar-refractivity contribution in [2.45, 2.75) is 34.1 Å². The van der Waals surface area contributed by atoms with Crippen LogP contribution >= 0.6 is 11.3 Å². The smallest absolute Gasteiger partial charge is 0.259 e. The molecule has 0 saturated carbocycles. The summed E-state index contributed by atoms with van der Waals surface area (Å²) in [5.74, 6) is 0.00778. The lowest BCUT2D eigenvalue weighted by atomic mass is 10.1. The van der Waals surface area contributed by atoms with Crippen LogP contribution in [0.25, 0.3) is 10.2 Å². The number of carbonyl (C=O) groups excluding carboxylic acids is 1. The topological polar surface area (TPSA) is 87.2 Å². The number of rotatable bonds is 4. The van der Waals surface area contributed by atoms with Crippen molar-refractivity contribution in [3.05, 3.63) is 62.0 Å². The molecule has 2 N–H and O–H groups in total. The van der Waals surface area contributed by atoms with Crippen LogP contribution in [-0.4, -0.2) is 21.6 Å². The van der Waals surface area contributed by atoms with Crippen LogP contribution in [0.2, 0.25) is 0 Å². The fraction of sp³-hybridized carbons (Fsp3) is 0.263. The minimum absolute atomic E-state index is 0.0359. The number of thiophene rings is 1. The zero-order valence-corrected chi connectivity index (χ0v) is 16.0. The highest BCUT2D eigenvalue weighted by Crippen LogP contribution is 2.25. The number of fused-ring (bicyclic) bond motifs is 1. The molecule has 3 rings (SSSR count). The van der Waals surface area contributed by atoms with E-state index in [0.717, 1.165) is 21.6 Å². The maximum absolute atomic E-state index is 12.2. The molecule has 0 radical (unpaired) electrons. The average molecular weight is 368 g/mol. The summed E-state index contributed by atoms with van der Waals surface area (Å²) >= 11 is 1.46. The fourth-order valence-corrected chi connectivity index (χ4v) is 3.63. The molecule has 2 heterocycles. The van der Waals surface area contributed by atoms with E-state index in [1.807, 2.05) is 52.0 Å². The van der Waals surface area contributed by atoms with Crippen molar-refractivity contribution < 1.29 is 4.79 Å². The number of hydrogen-bond donors (Lipinski definition) is 2. The Kier molecular flexibility index (Phi) is 4.99. The Morgan fingerprint density at radius 3 is 2.62 bits per heavy atom. The quantitative estimate of drug-likeness (QED) is 0.548. The lowest BCUT2D eigenvalue weighted by Crippen LogP contribution is -2.24. The molecule has 1 aromatic carbocycles. The standard InChI is InChI=1S/C19H20N4O2S/c1-10-5-7-14(8-6-10)12(3)22-23-16(24)9-15-20-18(25)17-11(2)13(4)26-19(17)21-15/h5-8H,9H2,1-4H3,(H,23,24)(H,20,21,25)/b22-12+. The highest BCUT2D eigenvalue weighted by Gasteiger charge is 2.13. The highest BCUT2D eigenvalue weighted by molar-refractivity contribution is 7.18. The van der Waals surface area contributed by atoms with Gasteiger partial charge in [0.25, 0.3) is 5.56 Å². The molecule has 6 nitrogen and oxygen atoms in total. The Labute approximate surface area is 155 Å². The molecular formula is C19H20N4O2S. The van der Waals surface area contributed by atoms with Crippen molar-refractivity contribution in [3.8, 4) is 0 Å². The largest absolute Gasteiger partial charge is 0.309 e. The molecule has 2 aromatic heterocycles. The molecule has 1 amide bonds. The number of hydrazone groups is 1. The van der Waals surface area contributed by atoms with Gasteiger partial charge in [0.2, 0.25) is 5.91 Å². The number of carbonyl (C=O) groups is 1. The third-order valence-corrected chi connectivity index (χ3v) is 5.33. The van der Waals surface area contributed by atoms with Gasteiger partial charge in [-0.1, -0.05) is 29.8 Å². The molecule has 26 heavy (non-hydrogen) atoms. The lowest BCUT2D eigenvalue weighted by Gasteiger charge is -2.04. The Morgan fingerprint density at radius 1 is 1.23 bits per heavy atom. The Morgan fingerprint density at radius 2 is 1.92 bits per heavy atom. The molecule has 0 aliphatic rings. The molecule has 0 atom stereocenters. The van der Waals surface area contributed by atoms with Crippen LogP contribution in [0.3, 0.4) is 0 Å². The second-order valence-electron chi connectivity index (χ2n) is 6.25. The summed E-state index contributed by atoms with van der Waals surface area (Å²) in [6.07, 6.45) is -0.0359. The third-order valence-electron chi connectivity index (χ3n) is 4.23. The number of nitrogens with zero attached hydrogens (tertiary/aromatic N) is 2. The van der Waals surface area contributed by atoms with Crippen LogP contribution in [0.4, 0.5) is 0 Å². The van der Waals surface area contributed by atoms with E-state index in [-0.39, 0.29) is 17.9 Å². The number of aromatic amines is 1. The van der Waals surface area contributed by atoms with E-state index in [1.165, 1.54) is 11.3 Å². The summed E-state index contributed by atoms with van der Waals surface area (Å²) in [5, 5.41) is 4.72. The van der Waals surface area contributed by atoms with Gasteiger partial charge in [0.05, 0.1) is 17.5 Å². The number of H-pyrrole nitrogens is 1. The summed E-state index contributed by atoms with van der Waals surface area (Å²) in [5.41, 5.74) is 6.06. The van der Waals surface area contributed by atoms with E-state index in [0.29, 0.717) is 21.8 Å². The second-order valence-corrected chi connectivity index (χ2v) is 7.45. The van der Waals surface area contributed by atoms with Crippen LogP contribution in [0.5, 0.6) is 0 Å². The predicted molar refractivity (Wildman–Crippen MR) is 105 cm³/mol. The van der Waals surface area contributed by atoms with Crippen molar-refractivity contribution >= 4 is 33.2 Å². The minimum Gasteiger partial charge on any atom is -0.309 e. The maximum atomic E-state index is 12.2. The van der Waals surface area contributed by atoms with Gasteiger partial charge in [0.1, 0.15) is 10.7 Å². The summed E-state index contributed by atoms with van der Waals surface area (Å²) in [4.78, 5) is 33.2. The summed E-state index contributed by atoms with van der Waals surface area (Å²) in [7, 11) is 0. The molecule has 0 fully saturated rings. The van der Waals surface area contributed by atoms with Gasteiger partial charge in [-0.3, -0.25) is 9.59 Å². The minimum atomic E-state index is -0.330. The number of hydrogen-bond acceptors (Lipinski definition) is 5. The summed E-state index contributed by atoms with van der Waals surface area (Å²) in [6.45, 7) is 7.70. The first kappa shape index (κ1) is 18.0. The van der Waals surface area contributed by atoms with Gasteiger partial charge >= 0.3 is 0 Å². The molecule has 7 heteroatoms. The molecule has 0 spiro atoms. The molecule has 0 bridgehead atoms. The summed E-state index contributed by atoms with van der Waals surface area (Å²) in [6, 6.07) is 7.89. The molecule has 134 valence electrons. The number of amides is 1. The van der Waals surface area contributed by atoms with Crippen LogP contribution < -0.4 is 11.0 Å². The van der Waals surface area contributed by atoms with Gasteiger partial charge in [0.15, 0.2) is 0 Å². The fourth-order valence-electron chi connectivity index (χ4n) is 2.58. The zero-order valence-electron chi connectivity index (χ0n) is 15.1. The van der Waals surface area contributed by atoms with Crippen LogP contribution in [0.15, 0.2) is 34.2 Å². The van der Waals surface area contributed by atoms with Gasteiger partial charge in [-0.05, 0) is 38.8 Å². The van der Waals surface area contributed by atoms with Crippen LogP contribution in [0.1, 0.15) is 34.3 Å². The van der Waals surface area contributed by atoms with Crippen molar-refractivity contribution in [2.24, 2.45) is 5.10 Å². The van der Waals surface area contributed by atoms with Crippen molar-refractivity contribution in [3.63, 3.8) is 0 Å². The lowest BCUT2D eigenvalue weighted by molar-refractivity contribution is -0.120. The maximum Gasteiger partial charge on any atom is 0.259 e. The van der Waals surface area contributed by atoms with E-state index in [1.54, 1.807) is 0 Å². The molecule has 3 aromatic rings. The van der Waals surface area contributed by atoms with Crippen LogP contribution in [-0.2, 0) is 11.2 Å². The van der Waals surface area contributed by atoms with E-state index in [4.69, 9.17) is 0 Å². The SMILES string of the molecule is C/C(=N\NC(=O)Cc1nc2sc(C)c(C)c2c(=O)[nH]1)c1ccc(C)cc1. The first-order valence-corrected chi connectivity index (χ1v) is 9.06. The zero-order chi connectivity index (χ0) is 18.8. The van der Waals surface area contributed by atoms with Gasteiger partial charge in [-0.15, -0.1) is 11.3 Å². The Balaban J connectivity index is 1.74. The molecule has 0 unspecified atom stereocenters. The monoisotopic (exact) mass is 368 g/mol. The van der Waals surface area contributed by atoms with E-state index < -0.39 is 0 Å². The highest BCUT2D eigenvalue weighted by atomic mass is 32.1.